The quantitative estimate of drug-likeness (QED) is 0.833. The second kappa shape index (κ2) is 5.41. The maximum Gasteiger partial charge on any atom is 0.417 e. The number of pyridine rings is 1. The van der Waals surface area contributed by atoms with E-state index >= 15 is 0 Å². The summed E-state index contributed by atoms with van der Waals surface area (Å²) in [5, 5.41) is 4.54. The van der Waals surface area contributed by atoms with E-state index in [0.717, 1.165) is 18.0 Å². The summed E-state index contributed by atoms with van der Waals surface area (Å²) in [6, 6.07) is 3.05. The fourth-order valence-corrected chi connectivity index (χ4v) is 4.00. The van der Waals surface area contributed by atoms with Crippen molar-refractivity contribution < 1.29 is 18.0 Å². The van der Waals surface area contributed by atoms with E-state index in [-0.39, 0.29) is 6.04 Å². The van der Waals surface area contributed by atoms with Crippen LogP contribution in [-0.4, -0.2) is 20.5 Å². The summed E-state index contributed by atoms with van der Waals surface area (Å²) in [5.74, 6) is 1.34. The fraction of sp³-hybridized carbons (Fsp3) is 0.500. The van der Waals surface area contributed by atoms with E-state index < -0.39 is 11.7 Å². The van der Waals surface area contributed by atoms with Crippen LogP contribution in [0.25, 0.3) is 11.3 Å². The molecule has 0 unspecified atom stereocenters. The molecular weight excluding hydrogens is 331 g/mol. The van der Waals surface area contributed by atoms with E-state index in [1.807, 2.05) is 24.6 Å². The van der Waals surface area contributed by atoms with Gasteiger partial charge in [0.1, 0.15) is 5.78 Å². The number of fused-ring (bicyclic) bond motifs is 1. The number of nitrogens with zero attached hydrogens (tertiary/aromatic N) is 3. The lowest BCUT2D eigenvalue weighted by molar-refractivity contribution is -0.137. The minimum absolute atomic E-state index is 0.0968. The molecule has 132 valence electrons. The first-order chi connectivity index (χ1) is 11.8. The molecule has 25 heavy (non-hydrogen) atoms. The average molecular weight is 349 g/mol. The highest BCUT2D eigenvalue weighted by Crippen LogP contribution is 2.62. The summed E-state index contributed by atoms with van der Waals surface area (Å²) in [6.45, 7) is 3.99. The Balaban J connectivity index is 1.70. The molecule has 2 aliphatic carbocycles. The first-order valence-corrected chi connectivity index (χ1v) is 8.39. The third-order valence-electron chi connectivity index (χ3n) is 5.21. The van der Waals surface area contributed by atoms with Gasteiger partial charge in [-0.2, -0.15) is 18.3 Å². The number of carbonyl (C=O) groups is 1. The minimum atomic E-state index is -4.43. The summed E-state index contributed by atoms with van der Waals surface area (Å²) in [7, 11) is 0. The topological polar surface area (TPSA) is 47.8 Å². The van der Waals surface area contributed by atoms with E-state index in [1.54, 1.807) is 0 Å². The van der Waals surface area contributed by atoms with Crippen molar-refractivity contribution in [2.24, 2.45) is 11.8 Å². The van der Waals surface area contributed by atoms with Crippen LogP contribution < -0.4 is 0 Å². The van der Waals surface area contributed by atoms with Gasteiger partial charge in [0.2, 0.25) is 0 Å². The van der Waals surface area contributed by atoms with Crippen LogP contribution in [0, 0.1) is 11.8 Å². The van der Waals surface area contributed by atoms with Gasteiger partial charge in [0.15, 0.2) is 0 Å². The zero-order chi connectivity index (χ0) is 17.9. The van der Waals surface area contributed by atoms with E-state index in [0.29, 0.717) is 47.6 Å². The molecule has 2 aromatic rings. The first-order valence-electron chi connectivity index (χ1n) is 8.39. The fourth-order valence-electron chi connectivity index (χ4n) is 4.00. The van der Waals surface area contributed by atoms with Gasteiger partial charge in [-0.05, 0) is 37.8 Å². The van der Waals surface area contributed by atoms with E-state index in [1.165, 1.54) is 6.20 Å². The molecule has 3 atom stereocenters. The number of ketones is 1. The van der Waals surface area contributed by atoms with Crippen LogP contribution in [0.1, 0.15) is 49.9 Å². The SMILES string of the molecule is CC(C)n1nc(-c2cncc(C(F)(F)F)c2)cc1[C@H]1[C@@H]2CC(=O)C[C@@H]21. The molecule has 0 aliphatic heterocycles. The molecule has 0 amide bonds. The summed E-state index contributed by atoms with van der Waals surface area (Å²) in [5.41, 5.74) is 1.10. The Labute approximate surface area is 143 Å². The van der Waals surface area contributed by atoms with Gasteiger partial charge in [0.05, 0.1) is 11.3 Å². The van der Waals surface area contributed by atoms with Gasteiger partial charge in [-0.3, -0.25) is 14.5 Å². The smallest absolute Gasteiger partial charge is 0.300 e. The third-order valence-corrected chi connectivity index (χ3v) is 5.21. The highest BCUT2D eigenvalue weighted by Gasteiger charge is 2.57. The lowest BCUT2D eigenvalue weighted by atomic mass is 10.1. The Bertz CT molecular complexity index is 826. The third kappa shape index (κ3) is 2.75. The second-order valence-electron chi connectivity index (χ2n) is 7.25. The molecule has 7 heteroatoms. The first kappa shape index (κ1) is 16.3. The van der Waals surface area contributed by atoms with Crippen LogP contribution in [0.5, 0.6) is 0 Å². The maximum absolute atomic E-state index is 12.9. The van der Waals surface area contributed by atoms with Crippen molar-refractivity contribution in [1.29, 1.82) is 0 Å². The Morgan fingerprint density at radius 3 is 2.44 bits per heavy atom. The monoisotopic (exact) mass is 349 g/mol. The minimum Gasteiger partial charge on any atom is -0.300 e. The van der Waals surface area contributed by atoms with Gasteiger partial charge in [-0.25, -0.2) is 0 Å². The molecule has 2 fully saturated rings. The van der Waals surface area contributed by atoms with E-state index in [2.05, 4.69) is 10.1 Å². The van der Waals surface area contributed by atoms with Crippen molar-refractivity contribution >= 4 is 5.78 Å². The number of hydrogen-bond acceptors (Lipinski definition) is 3. The van der Waals surface area contributed by atoms with Crippen LogP contribution in [0.2, 0.25) is 0 Å². The number of Topliss-reactive ketones (excluding diaryl/α,β-unsaturated/α-hetero) is 1. The van der Waals surface area contributed by atoms with Gasteiger partial charge in [0, 0.05) is 48.5 Å². The molecule has 0 bridgehead atoms. The summed E-state index contributed by atoms with van der Waals surface area (Å²) < 4.78 is 40.7. The highest BCUT2D eigenvalue weighted by atomic mass is 19.4. The van der Waals surface area contributed by atoms with Gasteiger partial charge in [0.25, 0.3) is 0 Å². The van der Waals surface area contributed by atoms with E-state index in [9.17, 15) is 18.0 Å². The lowest BCUT2D eigenvalue weighted by Gasteiger charge is -2.11. The predicted octanol–water partition coefficient (Wildman–Crippen LogP) is 4.24. The Kier molecular flexibility index (Phi) is 3.53. The van der Waals surface area contributed by atoms with Crippen LogP contribution in [0.4, 0.5) is 13.2 Å². The number of carbonyl (C=O) groups excluding carboxylic acids is 1. The standard InChI is InChI=1S/C18H18F3N3O/c1-9(2)24-16(17-13-4-12(25)5-14(13)17)6-15(23-24)10-3-11(8-22-7-10)18(19,20)21/h3,6-9,13-14,17H,4-5H2,1-2H3/t13-,14+,17+. The number of aromatic nitrogens is 3. The molecule has 2 aromatic heterocycles. The molecule has 2 heterocycles. The van der Waals surface area contributed by atoms with Gasteiger partial charge in [-0.15, -0.1) is 0 Å². The molecule has 0 radical (unpaired) electrons. The molecule has 2 aliphatic rings. The van der Waals surface area contributed by atoms with Crippen molar-refractivity contribution in [3.05, 3.63) is 35.8 Å². The molecule has 0 N–H and O–H groups in total. The van der Waals surface area contributed by atoms with Gasteiger partial charge in [-0.1, -0.05) is 0 Å². The number of halogens is 3. The van der Waals surface area contributed by atoms with Crippen LogP contribution >= 0.6 is 0 Å². The van der Waals surface area contributed by atoms with Crippen LogP contribution in [-0.2, 0) is 11.0 Å². The average Bonchev–Trinajstić information content (AvgIpc) is 2.90. The van der Waals surface area contributed by atoms with Crippen molar-refractivity contribution in [3.63, 3.8) is 0 Å². The molecule has 0 aromatic carbocycles. The molecule has 4 nitrogen and oxygen atoms in total. The van der Waals surface area contributed by atoms with E-state index in [4.69, 9.17) is 0 Å². The van der Waals surface area contributed by atoms with Crippen LogP contribution in [0.15, 0.2) is 24.5 Å². The number of hydrogen-bond donors (Lipinski definition) is 0. The molecule has 2 saturated carbocycles. The van der Waals surface area contributed by atoms with Gasteiger partial charge < -0.3 is 0 Å². The Morgan fingerprint density at radius 1 is 1.16 bits per heavy atom. The van der Waals surface area contributed by atoms with Gasteiger partial charge >= 0.3 is 6.18 Å². The van der Waals surface area contributed by atoms with Crippen molar-refractivity contribution in [3.8, 4) is 11.3 Å². The molecule has 4 rings (SSSR count). The normalized spacial score (nSPS) is 25.5. The molecule has 0 saturated heterocycles. The summed E-state index contributed by atoms with van der Waals surface area (Å²) >= 11 is 0. The summed E-state index contributed by atoms with van der Waals surface area (Å²) in [6.07, 6.45) is -0.984. The largest absolute Gasteiger partial charge is 0.417 e. The maximum atomic E-state index is 12.9. The number of alkyl halides is 3. The van der Waals surface area contributed by atoms with Crippen molar-refractivity contribution in [1.82, 2.24) is 14.8 Å². The van der Waals surface area contributed by atoms with Crippen molar-refractivity contribution in [2.45, 2.75) is 44.8 Å². The number of rotatable bonds is 3. The highest BCUT2D eigenvalue weighted by molar-refractivity contribution is 5.83. The molecular formula is C18H18F3N3O. The van der Waals surface area contributed by atoms with Crippen molar-refractivity contribution in [2.75, 3.05) is 0 Å². The van der Waals surface area contributed by atoms with Crippen LogP contribution in [0.3, 0.4) is 0 Å². The zero-order valence-electron chi connectivity index (χ0n) is 13.9. The summed E-state index contributed by atoms with van der Waals surface area (Å²) in [4.78, 5) is 15.2. The molecule has 0 spiro atoms. The zero-order valence-corrected chi connectivity index (χ0v) is 13.9. The Morgan fingerprint density at radius 2 is 1.84 bits per heavy atom. The predicted molar refractivity (Wildman–Crippen MR) is 84.8 cm³/mol. The Hall–Kier alpha value is -2.18. The second-order valence-corrected chi connectivity index (χ2v) is 7.25. The lowest BCUT2D eigenvalue weighted by Crippen LogP contribution is -2.09.